The second-order valence-corrected chi connectivity index (χ2v) is 9.44. The molecule has 1 saturated heterocycles. The van der Waals surface area contributed by atoms with Crippen LogP contribution in [-0.2, 0) is 20.8 Å². The van der Waals surface area contributed by atoms with Crippen LogP contribution in [0.4, 0.5) is 5.69 Å². The number of fused-ring (bicyclic) bond motifs is 5. The van der Waals surface area contributed by atoms with Crippen molar-refractivity contribution in [1.82, 2.24) is 4.90 Å². The van der Waals surface area contributed by atoms with Gasteiger partial charge in [-0.05, 0) is 67.7 Å². The number of nitrogens with zero attached hydrogens (tertiary/aromatic N) is 1. The fourth-order valence-corrected chi connectivity index (χ4v) is 5.96. The molecule has 5 nitrogen and oxygen atoms in total. The Labute approximate surface area is 182 Å². The zero-order valence-electron chi connectivity index (χ0n) is 18.0. The molecule has 0 unspecified atom stereocenters. The number of nitrogens with one attached hydrogen (secondary N) is 1. The molecule has 2 saturated carbocycles. The minimum Gasteiger partial charge on any atom is -0.324 e. The van der Waals surface area contributed by atoms with E-state index in [4.69, 9.17) is 0 Å². The van der Waals surface area contributed by atoms with Crippen LogP contribution in [0.15, 0.2) is 48.5 Å². The van der Waals surface area contributed by atoms with Gasteiger partial charge in [-0.2, -0.15) is 0 Å². The normalized spacial score (nSPS) is 27.5. The predicted octanol–water partition coefficient (Wildman–Crippen LogP) is 3.88. The molecule has 2 bridgehead atoms. The van der Waals surface area contributed by atoms with Crippen LogP contribution in [0.5, 0.6) is 0 Å². The smallest absolute Gasteiger partial charge is 0.248 e. The van der Waals surface area contributed by atoms with E-state index in [1.165, 1.54) is 4.90 Å². The highest BCUT2D eigenvalue weighted by molar-refractivity contribution is 6.10. The first-order chi connectivity index (χ1) is 14.9. The average molecular weight is 417 g/mol. The van der Waals surface area contributed by atoms with E-state index in [1.807, 2.05) is 62.4 Å². The quantitative estimate of drug-likeness (QED) is 0.752. The van der Waals surface area contributed by atoms with Crippen LogP contribution >= 0.6 is 0 Å². The third kappa shape index (κ3) is 3.36. The van der Waals surface area contributed by atoms with Crippen LogP contribution in [0.25, 0.3) is 0 Å². The lowest BCUT2D eigenvalue weighted by Gasteiger charge is -2.27. The van der Waals surface area contributed by atoms with Crippen molar-refractivity contribution in [2.75, 3.05) is 5.32 Å². The third-order valence-electron chi connectivity index (χ3n) is 7.50. The Kier molecular flexibility index (Phi) is 4.92. The van der Waals surface area contributed by atoms with Gasteiger partial charge in [-0.1, -0.05) is 42.5 Å². The van der Waals surface area contributed by atoms with Gasteiger partial charge in [0.15, 0.2) is 0 Å². The van der Waals surface area contributed by atoms with E-state index in [9.17, 15) is 14.4 Å². The summed E-state index contributed by atoms with van der Waals surface area (Å²) in [4.78, 5) is 41.7. The molecule has 1 aliphatic heterocycles. The van der Waals surface area contributed by atoms with Crippen molar-refractivity contribution in [2.45, 2.75) is 45.6 Å². The Morgan fingerprint density at radius 2 is 1.65 bits per heavy atom. The molecule has 3 aliphatic rings. The molecular weight excluding hydrogens is 388 g/mol. The monoisotopic (exact) mass is 416 g/mol. The van der Waals surface area contributed by atoms with Crippen molar-refractivity contribution >= 4 is 23.4 Å². The lowest BCUT2D eigenvalue weighted by atomic mass is 9.81. The molecule has 2 aliphatic carbocycles. The van der Waals surface area contributed by atoms with Gasteiger partial charge in [-0.3, -0.25) is 19.3 Å². The van der Waals surface area contributed by atoms with Gasteiger partial charge in [0, 0.05) is 12.1 Å². The number of amides is 3. The van der Waals surface area contributed by atoms with E-state index in [-0.39, 0.29) is 29.6 Å². The Morgan fingerprint density at radius 1 is 1.00 bits per heavy atom. The molecule has 2 aromatic carbocycles. The maximum atomic E-state index is 13.5. The standard InChI is InChI=1S/C26H28N2O3/c1-15-8-9-16(2)20(12-15)27-24(29)21(13-17-6-4-3-5-7-17)28-25(30)22-18-10-11-19(14-18)23(22)26(28)31/h3-9,12,18-19,21-23H,10-11,13-14H2,1-2H3,(H,27,29)/t18-,19-,21-,22+,23+/m0/s1. The van der Waals surface area contributed by atoms with Crippen LogP contribution in [0.3, 0.4) is 0 Å². The molecule has 5 atom stereocenters. The van der Waals surface area contributed by atoms with Gasteiger partial charge in [0.25, 0.3) is 0 Å². The molecule has 3 amide bonds. The number of benzene rings is 2. The number of hydrogen-bond donors (Lipinski definition) is 1. The molecule has 5 heteroatoms. The summed E-state index contributed by atoms with van der Waals surface area (Å²) in [5.74, 6) is -0.423. The number of carbonyl (C=O) groups is 3. The molecule has 1 heterocycles. The highest BCUT2D eigenvalue weighted by Gasteiger charge is 2.62. The fourth-order valence-electron chi connectivity index (χ4n) is 5.96. The number of anilines is 1. The van der Waals surface area contributed by atoms with Crippen LogP contribution in [0.2, 0.25) is 0 Å². The summed E-state index contributed by atoms with van der Waals surface area (Å²) in [6.45, 7) is 3.91. The van der Waals surface area contributed by atoms with E-state index in [2.05, 4.69) is 5.32 Å². The highest BCUT2D eigenvalue weighted by atomic mass is 16.2. The average Bonchev–Trinajstić information content (AvgIpc) is 3.44. The molecule has 5 rings (SSSR count). The summed E-state index contributed by atoms with van der Waals surface area (Å²) in [6.07, 6.45) is 3.36. The van der Waals surface area contributed by atoms with Crippen molar-refractivity contribution in [3.8, 4) is 0 Å². The zero-order valence-corrected chi connectivity index (χ0v) is 18.0. The van der Waals surface area contributed by atoms with Gasteiger partial charge in [0.05, 0.1) is 11.8 Å². The van der Waals surface area contributed by atoms with Crippen LogP contribution in [-0.4, -0.2) is 28.7 Å². The van der Waals surface area contributed by atoms with Gasteiger partial charge < -0.3 is 5.32 Å². The number of carbonyl (C=O) groups excluding carboxylic acids is 3. The van der Waals surface area contributed by atoms with E-state index < -0.39 is 6.04 Å². The Balaban J connectivity index is 1.47. The van der Waals surface area contributed by atoms with Crippen LogP contribution in [0.1, 0.15) is 36.0 Å². The molecule has 1 N–H and O–H groups in total. The lowest BCUT2D eigenvalue weighted by Crippen LogP contribution is -2.49. The third-order valence-corrected chi connectivity index (χ3v) is 7.50. The van der Waals surface area contributed by atoms with Crippen molar-refractivity contribution in [3.05, 3.63) is 65.2 Å². The summed E-state index contributed by atoms with van der Waals surface area (Å²) in [7, 11) is 0. The minimum absolute atomic E-state index is 0.140. The number of rotatable bonds is 5. The second-order valence-electron chi connectivity index (χ2n) is 9.44. The van der Waals surface area contributed by atoms with Crippen LogP contribution < -0.4 is 5.32 Å². The Morgan fingerprint density at radius 3 is 2.29 bits per heavy atom. The topological polar surface area (TPSA) is 66.5 Å². The van der Waals surface area contributed by atoms with Crippen molar-refractivity contribution in [2.24, 2.45) is 23.7 Å². The highest BCUT2D eigenvalue weighted by Crippen LogP contribution is 2.56. The fraction of sp³-hybridized carbons (Fsp3) is 0.423. The molecule has 0 aromatic heterocycles. The lowest BCUT2D eigenvalue weighted by molar-refractivity contribution is -0.147. The zero-order chi connectivity index (χ0) is 21.7. The summed E-state index contributed by atoms with van der Waals surface area (Å²) < 4.78 is 0. The van der Waals surface area contributed by atoms with Crippen molar-refractivity contribution in [3.63, 3.8) is 0 Å². The molecule has 31 heavy (non-hydrogen) atoms. The molecule has 160 valence electrons. The summed E-state index contributed by atoms with van der Waals surface area (Å²) >= 11 is 0. The van der Waals surface area contributed by atoms with E-state index in [0.29, 0.717) is 18.3 Å². The molecule has 0 radical (unpaired) electrons. The molecule has 0 spiro atoms. The minimum atomic E-state index is -0.840. The van der Waals surface area contributed by atoms with Crippen LogP contribution in [0, 0.1) is 37.5 Å². The van der Waals surface area contributed by atoms with Crippen molar-refractivity contribution in [1.29, 1.82) is 0 Å². The number of likely N-dealkylation sites (tertiary alicyclic amines) is 1. The maximum Gasteiger partial charge on any atom is 0.248 e. The van der Waals surface area contributed by atoms with Crippen molar-refractivity contribution < 1.29 is 14.4 Å². The van der Waals surface area contributed by atoms with Gasteiger partial charge in [0.1, 0.15) is 6.04 Å². The van der Waals surface area contributed by atoms with Gasteiger partial charge in [0.2, 0.25) is 17.7 Å². The number of imide groups is 1. The van der Waals surface area contributed by atoms with E-state index >= 15 is 0 Å². The van der Waals surface area contributed by atoms with E-state index in [1.54, 1.807) is 0 Å². The largest absolute Gasteiger partial charge is 0.324 e. The van der Waals surface area contributed by atoms with Gasteiger partial charge >= 0.3 is 0 Å². The summed E-state index contributed by atoms with van der Waals surface area (Å²) in [6, 6.07) is 14.7. The first-order valence-corrected chi connectivity index (χ1v) is 11.2. The Bertz CT molecular complexity index is 1020. The molecule has 2 aromatic rings. The van der Waals surface area contributed by atoms with Gasteiger partial charge in [-0.15, -0.1) is 0 Å². The molecule has 3 fully saturated rings. The van der Waals surface area contributed by atoms with Gasteiger partial charge in [-0.25, -0.2) is 0 Å². The summed E-state index contributed by atoms with van der Waals surface area (Å²) in [5, 5.41) is 3.01. The molecular formula is C26H28N2O3. The number of hydrogen-bond acceptors (Lipinski definition) is 3. The van der Waals surface area contributed by atoms with E-state index in [0.717, 1.165) is 41.6 Å². The SMILES string of the molecule is Cc1ccc(C)c(NC(=O)[C@H](Cc2ccccc2)N2C(=O)[C@@H]3[C@H]4CC[C@@H](C4)[C@H]3C2=O)c1. The summed E-state index contributed by atoms with van der Waals surface area (Å²) in [5.41, 5.74) is 3.65. The second kappa shape index (κ2) is 7.63. The predicted molar refractivity (Wildman–Crippen MR) is 118 cm³/mol. The Hall–Kier alpha value is -2.95. The maximum absolute atomic E-state index is 13.5. The number of aryl methyl sites for hydroxylation is 2. The first-order valence-electron chi connectivity index (χ1n) is 11.2. The first kappa shape index (κ1) is 20.0.